The van der Waals surface area contributed by atoms with Crippen LogP contribution in [0, 0.1) is 0 Å². The van der Waals surface area contributed by atoms with Crippen LogP contribution < -0.4 is 5.73 Å². The summed E-state index contributed by atoms with van der Waals surface area (Å²) in [5, 5.41) is 4.93. The molecule has 7 heteroatoms. The fraction of sp³-hybridized carbons (Fsp3) is 0.700. The molecule has 1 aromatic heterocycles. The second-order valence-electron chi connectivity index (χ2n) is 4.21. The van der Waals surface area contributed by atoms with Gasteiger partial charge >= 0.3 is 5.97 Å². The number of nitrogens with zero attached hydrogens (tertiary/aromatic N) is 3. The van der Waals surface area contributed by atoms with Gasteiger partial charge in [0.2, 0.25) is 0 Å². The second kappa shape index (κ2) is 5.50. The molecule has 0 aliphatic carbocycles. The highest BCUT2D eigenvalue weighted by atomic mass is 32.2. The van der Waals surface area contributed by atoms with E-state index in [2.05, 4.69) is 14.8 Å². The van der Waals surface area contributed by atoms with E-state index in [1.165, 1.54) is 25.2 Å². The van der Waals surface area contributed by atoms with E-state index in [4.69, 9.17) is 5.73 Å². The van der Waals surface area contributed by atoms with Gasteiger partial charge in [0.25, 0.3) is 0 Å². The molecular formula is C10H18N4O2S. The first-order valence-electron chi connectivity index (χ1n) is 5.24. The lowest BCUT2D eigenvalue weighted by molar-refractivity contribution is -0.146. The van der Waals surface area contributed by atoms with Crippen molar-refractivity contribution in [3.63, 3.8) is 0 Å². The maximum absolute atomic E-state index is 11.4. The summed E-state index contributed by atoms with van der Waals surface area (Å²) < 4.78 is 6.36. The Bertz CT molecular complexity index is 391. The third kappa shape index (κ3) is 3.71. The quantitative estimate of drug-likeness (QED) is 0.614. The number of carbonyl (C=O) groups is 1. The summed E-state index contributed by atoms with van der Waals surface area (Å²) >= 11 is 1.53. The molecule has 0 aliphatic heterocycles. The number of esters is 1. The number of hydrogen-bond donors (Lipinski definition) is 1. The molecule has 2 atom stereocenters. The van der Waals surface area contributed by atoms with Crippen LogP contribution in [-0.2, 0) is 16.6 Å². The molecule has 2 N–H and O–H groups in total. The lowest BCUT2D eigenvalue weighted by atomic mass is 9.98. The van der Waals surface area contributed by atoms with Crippen molar-refractivity contribution in [3.05, 3.63) is 6.33 Å². The third-order valence-corrected chi connectivity index (χ3v) is 3.49. The van der Waals surface area contributed by atoms with E-state index in [1.54, 1.807) is 11.6 Å². The Morgan fingerprint density at radius 1 is 1.76 bits per heavy atom. The van der Waals surface area contributed by atoms with Gasteiger partial charge in [0.1, 0.15) is 11.9 Å². The van der Waals surface area contributed by atoms with Gasteiger partial charge in [-0.3, -0.25) is 4.79 Å². The topological polar surface area (TPSA) is 83.0 Å². The van der Waals surface area contributed by atoms with E-state index in [-0.39, 0.29) is 5.25 Å². The summed E-state index contributed by atoms with van der Waals surface area (Å²) in [7, 11) is 3.16. The van der Waals surface area contributed by atoms with Crippen LogP contribution in [0.4, 0.5) is 0 Å². The van der Waals surface area contributed by atoms with Gasteiger partial charge in [-0.05, 0) is 13.3 Å². The molecule has 0 bridgehead atoms. The highest BCUT2D eigenvalue weighted by Gasteiger charge is 2.31. The molecule has 1 aromatic rings. The monoisotopic (exact) mass is 258 g/mol. The van der Waals surface area contributed by atoms with Gasteiger partial charge in [0.05, 0.1) is 7.11 Å². The minimum absolute atomic E-state index is 0.145. The number of rotatable bonds is 5. The molecule has 0 amide bonds. The summed E-state index contributed by atoms with van der Waals surface area (Å²) in [4.78, 5) is 15.6. The zero-order valence-corrected chi connectivity index (χ0v) is 11.3. The SMILES string of the molecule is COC(=O)C(C)(N)CC(C)Sc1ncnn1C. The second-order valence-corrected chi connectivity index (χ2v) is 5.61. The number of hydrogen-bond acceptors (Lipinski definition) is 6. The van der Waals surface area contributed by atoms with Gasteiger partial charge in [0.15, 0.2) is 5.16 Å². The zero-order chi connectivity index (χ0) is 13.1. The predicted octanol–water partition coefficient (Wildman–Crippen LogP) is 0.576. The first-order valence-corrected chi connectivity index (χ1v) is 6.12. The van der Waals surface area contributed by atoms with Crippen LogP contribution >= 0.6 is 11.8 Å². The number of thioether (sulfide) groups is 1. The van der Waals surface area contributed by atoms with Gasteiger partial charge in [-0.15, -0.1) is 0 Å². The van der Waals surface area contributed by atoms with Crippen molar-refractivity contribution >= 4 is 17.7 Å². The van der Waals surface area contributed by atoms with Crippen LogP contribution in [0.25, 0.3) is 0 Å². The molecule has 0 aromatic carbocycles. The van der Waals surface area contributed by atoms with Crippen molar-refractivity contribution in [1.82, 2.24) is 14.8 Å². The Morgan fingerprint density at radius 2 is 2.41 bits per heavy atom. The molecule has 17 heavy (non-hydrogen) atoms. The number of nitrogens with two attached hydrogens (primary N) is 1. The predicted molar refractivity (Wildman–Crippen MR) is 65.5 cm³/mol. The summed E-state index contributed by atoms with van der Waals surface area (Å²) in [5.74, 6) is -0.400. The summed E-state index contributed by atoms with van der Waals surface area (Å²) in [6.07, 6.45) is 2.01. The van der Waals surface area contributed by atoms with Gasteiger partial charge in [-0.25, -0.2) is 9.67 Å². The molecule has 0 aliphatic rings. The Hall–Kier alpha value is -1.08. The minimum atomic E-state index is -0.972. The first kappa shape index (κ1) is 14.0. The molecule has 6 nitrogen and oxygen atoms in total. The summed E-state index contributed by atoms with van der Waals surface area (Å²) in [6, 6.07) is 0. The van der Waals surface area contributed by atoms with Crippen LogP contribution in [0.3, 0.4) is 0 Å². The van der Waals surface area contributed by atoms with E-state index in [9.17, 15) is 4.79 Å². The van der Waals surface area contributed by atoms with Crippen molar-refractivity contribution in [3.8, 4) is 0 Å². The Labute approximate surface area is 105 Å². The standard InChI is InChI=1S/C10H18N4O2S/c1-7(5-10(2,11)8(15)16-4)17-9-12-6-13-14(9)3/h6-7H,5,11H2,1-4H3. The average Bonchev–Trinajstić information content (AvgIpc) is 2.62. The highest BCUT2D eigenvalue weighted by Crippen LogP contribution is 2.26. The zero-order valence-electron chi connectivity index (χ0n) is 10.5. The van der Waals surface area contributed by atoms with Gasteiger partial charge in [-0.2, -0.15) is 5.10 Å². The summed E-state index contributed by atoms with van der Waals surface area (Å²) in [6.45, 7) is 3.67. The number of carbonyl (C=O) groups excluding carboxylic acids is 1. The number of aromatic nitrogens is 3. The van der Waals surface area contributed by atoms with Crippen molar-refractivity contribution in [2.45, 2.75) is 36.2 Å². The van der Waals surface area contributed by atoms with E-state index in [0.717, 1.165) is 5.16 Å². The van der Waals surface area contributed by atoms with Crippen LogP contribution in [0.2, 0.25) is 0 Å². The molecule has 0 radical (unpaired) electrons. The van der Waals surface area contributed by atoms with Crippen molar-refractivity contribution in [1.29, 1.82) is 0 Å². The van der Waals surface area contributed by atoms with Crippen LogP contribution in [0.5, 0.6) is 0 Å². The fourth-order valence-corrected chi connectivity index (χ4v) is 2.62. The average molecular weight is 258 g/mol. The van der Waals surface area contributed by atoms with Gasteiger partial charge in [0, 0.05) is 12.3 Å². The number of methoxy groups -OCH3 is 1. The minimum Gasteiger partial charge on any atom is -0.468 e. The van der Waals surface area contributed by atoms with Crippen LogP contribution in [0.15, 0.2) is 11.5 Å². The van der Waals surface area contributed by atoms with E-state index < -0.39 is 11.5 Å². The lowest BCUT2D eigenvalue weighted by Gasteiger charge is -2.24. The third-order valence-electron chi connectivity index (χ3n) is 2.34. The van der Waals surface area contributed by atoms with Gasteiger partial charge < -0.3 is 10.5 Å². The number of ether oxygens (including phenoxy) is 1. The van der Waals surface area contributed by atoms with E-state index in [0.29, 0.717) is 6.42 Å². The Kier molecular flexibility index (Phi) is 4.53. The maximum Gasteiger partial charge on any atom is 0.325 e. The summed E-state index contributed by atoms with van der Waals surface area (Å²) in [5.41, 5.74) is 4.94. The number of aryl methyl sites for hydroxylation is 1. The molecule has 0 saturated heterocycles. The maximum atomic E-state index is 11.4. The van der Waals surface area contributed by atoms with Crippen molar-refractivity contribution in [2.24, 2.45) is 12.8 Å². The first-order chi connectivity index (χ1) is 7.86. The van der Waals surface area contributed by atoms with E-state index in [1.807, 2.05) is 14.0 Å². The van der Waals surface area contributed by atoms with Crippen LogP contribution in [-0.4, -0.2) is 38.6 Å². The Morgan fingerprint density at radius 3 is 2.88 bits per heavy atom. The van der Waals surface area contributed by atoms with E-state index >= 15 is 0 Å². The molecule has 1 heterocycles. The molecule has 0 fully saturated rings. The molecule has 96 valence electrons. The molecule has 0 saturated carbocycles. The smallest absolute Gasteiger partial charge is 0.325 e. The van der Waals surface area contributed by atoms with Crippen molar-refractivity contribution in [2.75, 3.05) is 7.11 Å². The molecular weight excluding hydrogens is 240 g/mol. The molecule has 2 unspecified atom stereocenters. The Balaban J connectivity index is 2.58. The fourth-order valence-electron chi connectivity index (χ4n) is 1.53. The van der Waals surface area contributed by atoms with Crippen molar-refractivity contribution < 1.29 is 9.53 Å². The normalized spacial score (nSPS) is 16.3. The largest absolute Gasteiger partial charge is 0.468 e. The van der Waals surface area contributed by atoms with Gasteiger partial charge in [-0.1, -0.05) is 18.7 Å². The molecule has 1 rings (SSSR count). The molecule has 0 spiro atoms. The highest BCUT2D eigenvalue weighted by molar-refractivity contribution is 7.99. The van der Waals surface area contributed by atoms with Crippen LogP contribution in [0.1, 0.15) is 20.3 Å². The lowest BCUT2D eigenvalue weighted by Crippen LogP contribution is -2.47.